The highest BCUT2D eigenvalue weighted by atomic mass is 32.2. The van der Waals surface area contributed by atoms with E-state index >= 15 is 0 Å². The van der Waals surface area contributed by atoms with Gasteiger partial charge in [0.2, 0.25) is 0 Å². The minimum Gasteiger partial charge on any atom is -0.496 e. The smallest absolute Gasteiger partial charge is 0.323 e. The molecule has 1 aromatic carbocycles. The second-order valence-corrected chi connectivity index (χ2v) is 5.27. The Hall–Kier alpha value is -1.20. The maximum absolute atomic E-state index is 11.1. The molecule has 0 aromatic heterocycles. The zero-order valence-electron chi connectivity index (χ0n) is 10.9. The van der Waals surface area contributed by atoms with E-state index < -0.39 is 11.5 Å². The molecule has 2 N–H and O–H groups in total. The number of hydrogen-bond acceptors (Lipinski definition) is 4. The fraction of sp³-hybridized carbons (Fsp3) is 0.462. The van der Waals surface area contributed by atoms with E-state index in [-0.39, 0.29) is 0 Å². The van der Waals surface area contributed by atoms with Gasteiger partial charge in [-0.1, -0.05) is 12.1 Å². The van der Waals surface area contributed by atoms with Crippen LogP contribution in [0.1, 0.15) is 13.3 Å². The third kappa shape index (κ3) is 3.65. The number of ether oxygens (including phenoxy) is 1. The molecule has 0 aliphatic rings. The molecule has 0 aliphatic carbocycles. The molecule has 1 aromatic rings. The van der Waals surface area contributed by atoms with E-state index in [0.29, 0.717) is 12.2 Å². The average molecular weight is 269 g/mol. The van der Waals surface area contributed by atoms with E-state index in [0.717, 1.165) is 10.6 Å². The lowest BCUT2D eigenvalue weighted by Crippen LogP contribution is -2.47. The van der Waals surface area contributed by atoms with Crippen molar-refractivity contribution >= 4 is 17.7 Å². The van der Waals surface area contributed by atoms with Gasteiger partial charge in [-0.15, -0.1) is 11.8 Å². The van der Waals surface area contributed by atoms with Gasteiger partial charge in [0.1, 0.15) is 11.3 Å². The van der Waals surface area contributed by atoms with Crippen LogP contribution in [-0.4, -0.2) is 36.5 Å². The summed E-state index contributed by atoms with van der Waals surface area (Å²) in [5.41, 5.74) is -0.880. The number of likely N-dealkylation sites (N-methyl/N-ethyl adjacent to an activating group) is 1. The number of carbonyl (C=O) groups is 1. The first-order valence-corrected chi connectivity index (χ1v) is 6.70. The molecule has 1 unspecified atom stereocenters. The van der Waals surface area contributed by atoms with E-state index in [9.17, 15) is 4.79 Å². The summed E-state index contributed by atoms with van der Waals surface area (Å²) in [6.45, 7) is 1.69. The van der Waals surface area contributed by atoms with Gasteiger partial charge in [-0.2, -0.15) is 0 Å². The van der Waals surface area contributed by atoms with Crippen molar-refractivity contribution in [2.45, 2.75) is 23.8 Å². The van der Waals surface area contributed by atoms with Crippen molar-refractivity contribution in [2.24, 2.45) is 0 Å². The van der Waals surface area contributed by atoms with E-state index in [4.69, 9.17) is 9.84 Å². The molecule has 1 atom stereocenters. The molecule has 100 valence electrons. The predicted molar refractivity (Wildman–Crippen MR) is 73.4 cm³/mol. The van der Waals surface area contributed by atoms with Crippen LogP contribution in [0.5, 0.6) is 5.75 Å². The number of rotatable bonds is 7. The second-order valence-electron chi connectivity index (χ2n) is 4.14. The molecule has 18 heavy (non-hydrogen) atoms. The predicted octanol–water partition coefficient (Wildman–Crippen LogP) is 2.24. The van der Waals surface area contributed by atoms with Crippen molar-refractivity contribution in [3.05, 3.63) is 24.3 Å². The molecule has 0 heterocycles. The van der Waals surface area contributed by atoms with E-state index in [1.807, 2.05) is 24.3 Å². The van der Waals surface area contributed by atoms with Gasteiger partial charge in [0.25, 0.3) is 0 Å². The Bertz CT molecular complexity index is 411. The number of para-hydroxylation sites is 1. The average Bonchev–Trinajstić information content (AvgIpc) is 2.38. The first kappa shape index (κ1) is 14.9. The van der Waals surface area contributed by atoms with Crippen LogP contribution in [0.15, 0.2) is 29.2 Å². The van der Waals surface area contributed by atoms with Crippen molar-refractivity contribution in [1.82, 2.24) is 5.32 Å². The zero-order chi connectivity index (χ0) is 13.6. The molecule has 0 fully saturated rings. The normalized spacial score (nSPS) is 13.9. The van der Waals surface area contributed by atoms with Crippen molar-refractivity contribution in [1.29, 1.82) is 0 Å². The van der Waals surface area contributed by atoms with Crippen molar-refractivity contribution < 1.29 is 14.6 Å². The van der Waals surface area contributed by atoms with Crippen LogP contribution in [0.25, 0.3) is 0 Å². The topological polar surface area (TPSA) is 58.6 Å². The number of carboxylic acids is 1. The molecule has 0 saturated carbocycles. The Morgan fingerprint density at radius 1 is 1.50 bits per heavy atom. The van der Waals surface area contributed by atoms with Gasteiger partial charge in [0.05, 0.1) is 7.11 Å². The molecule has 0 aliphatic heterocycles. The fourth-order valence-electron chi connectivity index (χ4n) is 1.44. The Kier molecular flexibility index (Phi) is 5.50. The molecule has 0 radical (unpaired) electrons. The van der Waals surface area contributed by atoms with Crippen molar-refractivity contribution in [3.8, 4) is 5.75 Å². The van der Waals surface area contributed by atoms with Gasteiger partial charge in [-0.25, -0.2) is 0 Å². The molecule has 0 bridgehead atoms. The minimum absolute atomic E-state index is 0.543. The summed E-state index contributed by atoms with van der Waals surface area (Å²) in [6, 6.07) is 7.73. The number of aliphatic carboxylic acids is 1. The van der Waals surface area contributed by atoms with Gasteiger partial charge < -0.3 is 15.2 Å². The number of carboxylic acid groups (broad SMARTS) is 1. The van der Waals surface area contributed by atoms with Crippen LogP contribution in [0.4, 0.5) is 0 Å². The molecular formula is C13H19NO3S. The summed E-state index contributed by atoms with van der Waals surface area (Å²) in [5.74, 6) is 0.707. The highest BCUT2D eigenvalue weighted by molar-refractivity contribution is 7.99. The van der Waals surface area contributed by atoms with E-state index in [1.165, 1.54) is 0 Å². The fourth-order valence-corrected chi connectivity index (χ4v) is 2.64. The highest BCUT2D eigenvalue weighted by Crippen LogP contribution is 2.30. The summed E-state index contributed by atoms with van der Waals surface area (Å²) < 4.78 is 5.25. The molecule has 0 saturated heterocycles. The van der Waals surface area contributed by atoms with Crippen LogP contribution >= 0.6 is 11.8 Å². The van der Waals surface area contributed by atoms with Gasteiger partial charge in [0.15, 0.2) is 0 Å². The Labute approximate surface area is 112 Å². The molecular weight excluding hydrogens is 250 g/mol. The SMILES string of the molecule is CNC(C)(CCSc1ccccc1OC)C(=O)O. The van der Waals surface area contributed by atoms with Gasteiger partial charge >= 0.3 is 5.97 Å². The second kappa shape index (κ2) is 6.66. The maximum Gasteiger partial charge on any atom is 0.323 e. The van der Waals surface area contributed by atoms with Crippen LogP contribution in [0.3, 0.4) is 0 Å². The first-order chi connectivity index (χ1) is 8.53. The van der Waals surface area contributed by atoms with Crippen LogP contribution in [-0.2, 0) is 4.79 Å². The van der Waals surface area contributed by atoms with E-state index in [1.54, 1.807) is 32.8 Å². The third-order valence-electron chi connectivity index (χ3n) is 2.95. The van der Waals surface area contributed by atoms with Gasteiger partial charge in [-0.05, 0) is 32.5 Å². The third-order valence-corrected chi connectivity index (χ3v) is 4.01. The van der Waals surface area contributed by atoms with Gasteiger partial charge in [-0.3, -0.25) is 4.79 Å². The lowest BCUT2D eigenvalue weighted by Gasteiger charge is -2.23. The van der Waals surface area contributed by atoms with Crippen molar-refractivity contribution in [3.63, 3.8) is 0 Å². The Morgan fingerprint density at radius 3 is 2.72 bits per heavy atom. The van der Waals surface area contributed by atoms with Crippen LogP contribution < -0.4 is 10.1 Å². The molecule has 4 nitrogen and oxygen atoms in total. The summed E-state index contributed by atoms with van der Waals surface area (Å²) >= 11 is 1.60. The quantitative estimate of drug-likeness (QED) is 0.743. The van der Waals surface area contributed by atoms with E-state index in [2.05, 4.69) is 5.32 Å². The number of benzene rings is 1. The lowest BCUT2D eigenvalue weighted by molar-refractivity contribution is -0.144. The molecule has 0 spiro atoms. The number of thioether (sulfide) groups is 1. The summed E-state index contributed by atoms with van der Waals surface area (Å²) in [7, 11) is 3.30. The molecule has 1 rings (SSSR count). The first-order valence-electron chi connectivity index (χ1n) is 5.71. The Balaban J connectivity index is 2.58. The monoisotopic (exact) mass is 269 g/mol. The standard InChI is InChI=1S/C13H19NO3S/c1-13(14-2,12(15)16)8-9-18-11-7-5-4-6-10(11)17-3/h4-7,14H,8-9H2,1-3H3,(H,15,16). The zero-order valence-corrected chi connectivity index (χ0v) is 11.7. The summed E-state index contributed by atoms with van der Waals surface area (Å²) in [6.07, 6.45) is 0.543. The number of nitrogens with one attached hydrogen (secondary N) is 1. The molecule has 5 heteroatoms. The maximum atomic E-state index is 11.1. The Morgan fingerprint density at radius 2 is 2.17 bits per heavy atom. The summed E-state index contributed by atoms with van der Waals surface area (Å²) in [4.78, 5) is 12.2. The minimum atomic E-state index is -0.880. The summed E-state index contributed by atoms with van der Waals surface area (Å²) in [5, 5.41) is 12.0. The number of methoxy groups -OCH3 is 1. The number of hydrogen-bond donors (Lipinski definition) is 2. The largest absolute Gasteiger partial charge is 0.496 e. The van der Waals surface area contributed by atoms with Crippen LogP contribution in [0, 0.1) is 0 Å². The van der Waals surface area contributed by atoms with Crippen molar-refractivity contribution in [2.75, 3.05) is 19.9 Å². The van der Waals surface area contributed by atoms with Crippen LogP contribution in [0.2, 0.25) is 0 Å². The molecule has 0 amide bonds. The lowest BCUT2D eigenvalue weighted by atomic mass is 10.00. The highest BCUT2D eigenvalue weighted by Gasteiger charge is 2.30. The van der Waals surface area contributed by atoms with Gasteiger partial charge in [0, 0.05) is 10.6 Å².